The molecule has 0 unspecified atom stereocenters. The summed E-state index contributed by atoms with van der Waals surface area (Å²) in [4.78, 5) is 42.1. The first kappa shape index (κ1) is 45.6. The minimum atomic E-state index is -4.14. The second-order valence-corrected chi connectivity index (χ2v) is 15.6. The van der Waals surface area contributed by atoms with E-state index in [9.17, 15) is 22.8 Å². The fourth-order valence-corrected chi connectivity index (χ4v) is 7.25. The number of anilines is 2. The van der Waals surface area contributed by atoms with Crippen molar-refractivity contribution in [3.8, 4) is 11.5 Å². The Morgan fingerprint density at radius 2 is 1.11 bits per heavy atom. The highest BCUT2D eigenvalue weighted by Gasteiger charge is 2.22. The number of hydrogen-bond acceptors (Lipinski definition) is 11. The second-order valence-electron chi connectivity index (χ2n) is 13.2. The summed E-state index contributed by atoms with van der Waals surface area (Å²) >= 11 is 0.906. The zero-order chi connectivity index (χ0) is 43.3. The normalized spacial score (nSPS) is 10.7. The molecular weight excluding hydrogens is 817 g/mol. The van der Waals surface area contributed by atoms with Gasteiger partial charge in [-0.05, 0) is 78.2 Å². The molecule has 15 heteroatoms. The molecule has 0 aromatic heterocycles. The fraction of sp³-hybridized carbons (Fsp3) is 0.152. The van der Waals surface area contributed by atoms with Crippen LogP contribution in [0, 0.1) is 0 Å². The van der Waals surface area contributed by atoms with Crippen LogP contribution in [0.15, 0.2) is 168 Å². The van der Waals surface area contributed by atoms with Gasteiger partial charge in [-0.2, -0.15) is 5.90 Å². The summed E-state index contributed by atoms with van der Waals surface area (Å²) in [6.45, 7) is 2.78. The smallest absolute Gasteiger partial charge is 0.266 e. The first-order chi connectivity index (χ1) is 29.6. The summed E-state index contributed by atoms with van der Waals surface area (Å²) in [7, 11) is -4.14. The van der Waals surface area contributed by atoms with Gasteiger partial charge >= 0.3 is 0 Å². The monoisotopic (exact) mass is 862 g/mol. The molecule has 0 aliphatic carbocycles. The van der Waals surface area contributed by atoms with Gasteiger partial charge in [-0.25, -0.2) is 13.1 Å². The topological polar surface area (TPSA) is 184 Å². The number of hydrogen-bond donors (Lipinski definition) is 4. The van der Waals surface area contributed by atoms with Crippen LogP contribution in [0.5, 0.6) is 11.5 Å². The van der Waals surface area contributed by atoms with Crippen molar-refractivity contribution >= 4 is 51.2 Å². The van der Waals surface area contributed by atoms with Crippen LogP contribution in [-0.2, 0) is 37.4 Å². The third-order valence-electron chi connectivity index (χ3n) is 8.67. The number of ether oxygens (including phenoxy) is 2. The van der Waals surface area contributed by atoms with E-state index in [1.165, 1.54) is 18.2 Å². The quantitative estimate of drug-likeness (QED) is 0.0263. The van der Waals surface area contributed by atoms with Gasteiger partial charge in [0.15, 0.2) is 0 Å². The zero-order valence-corrected chi connectivity index (χ0v) is 35.0. The number of carbonyl (C=O) groups is 3. The van der Waals surface area contributed by atoms with E-state index in [4.69, 9.17) is 15.4 Å². The molecule has 0 atom stereocenters. The Bertz CT molecular complexity index is 2460. The molecule has 0 fully saturated rings. The van der Waals surface area contributed by atoms with Crippen molar-refractivity contribution in [2.75, 3.05) is 10.6 Å². The van der Waals surface area contributed by atoms with E-state index in [0.717, 1.165) is 36.0 Å². The Balaban J connectivity index is 0.000000237. The van der Waals surface area contributed by atoms with Gasteiger partial charge in [-0.3, -0.25) is 14.4 Å². The lowest BCUT2D eigenvalue weighted by atomic mass is 10.2. The van der Waals surface area contributed by atoms with Crippen molar-refractivity contribution in [3.05, 3.63) is 180 Å². The average molecular weight is 863 g/mol. The van der Waals surface area contributed by atoms with Crippen molar-refractivity contribution in [1.29, 1.82) is 0 Å². The van der Waals surface area contributed by atoms with Gasteiger partial charge in [-0.1, -0.05) is 117 Å². The molecular formula is C46H46N4O9S2. The molecule has 0 bridgehead atoms. The van der Waals surface area contributed by atoms with E-state index in [0.29, 0.717) is 52.8 Å². The van der Waals surface area contributed by atoms with E-state index in [1.807, 2.05) is 85.8 Å². The summed E-state index contributed by atoms with van der Waals surface area (Å²) in [6.07, 6.45) is 2.50. The van der Waals surface area contributed by atoms with Gasteiger partial charge < -0.3 is 20.1 Å². The maximum Gasteiger partial charge on any atom is 0.266 e. The average Bonchev–Trinajstić information content (AvgIpc) is 3.28. The summed E-state index contributed by atoms with van der Waals surface area (Å²) in [5.41, 5.74) is 3.50. The number of amides is 3. The number of rotatable bonds is 19. The molecule has 0 heterocycles. The number of nitrogens with one attached hydrogen (secondary N) is 3. The lowest BCUT2D eigenvalue weighted by Crippen LogP contribution is -2.31. The Labute approximate surface area is 359 Å². The molecule has 0 radical (unpaired) electrons. The van der Waals surface area contributed by atoms with Gasteiger partial charge in [0.05, 0.1) is 28.3 Å². The Morgan fingerprint density at radius 1 is 0.607 bits per heavy atom. The summed E-state index contributed by atoms with van der Waals surface area (Å²) in [5.74, 6) is 4.66. The molecule has 0 aliphatic heterocycles. The van der Waals surface area contributed by atoms with E-state index < -0.39 is 21.8 Å². The van der Waals surface area contributed by atoms with Crippen molar-refractivity contribution in [3.63, 3.8) is 0 Å². The first-order valence-electron chi connectivity index (χ1n) is 19.2. The molecule has 61 heavy (non-hydrogen) atoms. The lowest BCUT2D eigenvalue weighted by Gasteiger charge is -2.13. The van der Waals surface area contributed by atoms with Gasteiger partial charge in [-0.15, -0.1) is 9.32 Å². The molecule has 316 valence electrons. The molecule has 5 N–H and O–H groups in total. The van der Waals surface area contributed by atoms with Crippen LogP contribution in [0.1, 0.15) is 64.4 Å². The van der Waals surface area contributed by atoms with Gasteiger partial charge in [0, 0.05) is 17.5 Å². The van der Waals surface area contributed by atoms with Gasteiger partial charge in [0.1, 0.15) is 29.6 Å². The van der Waals surface area contributed by atoms with E-state index in [-0.39, 0.29) is 22.9 Å². The van der Waals surface area contributed by atoms with Crippen LogP contribution >= 0.6 is 12.0 Å². The van der Waals surface area contributed by atoms with Crippen molar-refractivity contribution < 1.29 is 41.6 Å². The number of benzene rings is 6. The zero-order valence-electron chi connectivity index (χ0n) is 33.3. The van der Waals surface area contributed by atoms with Crippen LogP contribution in [0.2, 0.25) is 0 Å². The lowest BCUT2D eigenvalue weighted by molar-refractivity contribution is -0.195. The molecule has 0 spiro atoms. The Morgan fingerprint density at radius 3 is 1.67 bits per heavy atom. The number of para-hydroxylation sites is 2. The third-order valence-corrected chi connectivity index (χ3v) is 10.8. The van der Waals surface area contributed by atoms with Crippen molar-refractivity contribution in [2.24, 2.45) is 5.90 Å². The third kappa shape index (κ3) is 14.9. The van der Waals surface area contributed by atoms with Gasteiger partial charge in [0.2, 0.25) is 5.91 Å². The van der Waals surface area contributed by atoms with Crippen LogP contribution < -0.4 is 30.7 Å². The summed E-state index contributed by atoms with van der Waals surface area (Å²) in [5, 5.41) is 5.48. The van der Waals surface area contributed by atoms with Gasteiger partial charge in [0.25, 0.3) is 21.8 Å². The van der Waals surface area contributed by atoms with Crippen LogP contribution in [0.3, 0.4) is 0 Å². The van der Waals surface area contributed by atoms with E-state index in [1.54, 1.807) is 60.7 Å². The van der Waals surface area contributed by atoms with E-state index in [2.05, 4.69) is 24.7 Å². The molecule has 6 aromatic carbocycles. The van der Waals surface area contributed by atoms with Crippen molar-refractivity contribution in [2.45, 2.75) is 55.6 Å². The standard InChI is InChI=1S/C26H28N2O5S.C20H18N2O4S/c1-2-3-5-17-25(29)28-34(31,32)24-16-9-8-15-23(24)27-26(30)21-13-10-14-22(18-21)33-19-20-11-6-4-7-12-20;21-25-26-27-19-12-5-4-11-18(19)22-20(23)16-9-6-10-17(13-16)24-14-15-7-2-1-3-8-15/h4,6-16,18H,2-3,5,17,19H2,1H3,(H,27,30)(H,28,29);1-13H,14,21H2,(H,22,23). The van der Waals surface area contributed by atoms with Crippen LogP contribution in [-0.4, -0.2) is 26.1 Å². The van der Waals surface area contributed by atoms with E-state index >= 15 is 0 Å². The maximum atomic E-state index is 12.9. The second kappa shape index (κ2) is 23.9. The molecule has 0 aliphatic rings. The molecule has 13 nitrogen and oxygen atoms in total. The van der Waals surface area contributed by atoms with Crippen LogP contribution in [0.25, 0.3) is 0 Å². The number of sulfonamides is 1. The molecule has 0 saturated carbocycles. The Kier molecular flexibility index (Phi) is 17.9. The highest BCUT2D eigenvalue weighted by Crippen LogP contribution is 2.28. The number of carbonyl (C=O) groups excluding carboxylic acids is 3. The van der Waals surface area contributed by atoms with Crippen LogP contribution in [0.4, 0.5) is 11.4 Å². The SMILES string of the molecule is CCCCCC(=O)NS(=O)(=O)c1ccccc1NC(=O)c1cccc(OCc2ccccc2)c1.NOOSc1ccccc1NC(=O)c1cccc(OCc2ccccc2)c1. The number of nitrogens with two attached hydrogens (primary N) is 1. The molecule has 6 aromatic rings. The van der Waals surface area contributed by atoms with Crippen molar-refractivity contribution in [1.82, 2.24) is 4.72 Å². The highest BCUT2D eigenvalue weighted by atomic mass is 32.2. The minimum Gasteiger partial charge on any atom is -0.489 e. The molecule has 6 rings (SSSR count). The first-order valence-corrected chi connectivity index (χ1v) is 21.5. The summed E-state index contributed by atoms with van der Waals surface area (Å²) in [6, 6.07) is 46.2. The highest BCUT2D eigenvalue weighted by molar-refractivity contribution is 7.94. The fourth-order valence-electron chi connectivity index (χ4n) is 5.62. The maximum absolute atomic E-state index is 12.9. The minimum absolute atomic E-state index is 0.0805. The predicted molar refractivity (Wildman–Crippen MR) is 235 cm³/mol. The number of unbranched alkanes of at least 4 members (excludes halogenated alkanes) is 2. The Hall–Kier alpha value is -6.49. The molecule has 0 saturated heterocycles. The summed E-state index contributed by atoms with van der Waals surface area (Å²) < 4.78 is 43.9. The molecule has 3 amide bonds. The predicted octanol–water partition coefficient (Wildman–Crippen LogP) is 9.25. The largest absolute Gasteiger partial charge is 0.489 e.